The number of halogens is 2. The molecule has 0 aliphatic heterocycles. The minimum absolute atomic E-state index is 0. The molecule has 15 aromatic carbocycles. The maximum atomic E-state index is 13.2. The number of pyridine rings is 5. The molecular weight excluding hydrogens is 2340 g/mol. The zero-order valence-electron chi connectivity index (χ0n) is 77.8. The van der Waals surface area contributed by atoms with E-state index >= 15 is 0 Å². The van der Waals surface area contributed by atoms with Gasteiger partial charge < -0.3 is 47.2 Å². The van der Waals surface area contributed by atoms with Crippen LogP contribution in [0.5, 0.6) is 5.75 Å². The molecule has 9 aromatic heterocycles. The summed E-state index contributed by atoms with van der Waals surface area (Å²) in [5.74, 6) is -1.50. The first-order chi connectivity index (χ1) is 68.6. The molecule has 0 bridgehead atoms. The molecular formula is C121H92AlBF2Ir3N9O5P-3. The molecule has 24 rings (SSSR count). The molecule has 22 heteroatoms. The number of para-hydroxylation sites is 9. The van der Waals surface area contributed by atoms with Crippen molar-refractivity contribution in [2.75, 3.05) is 6.06 Å². The third-order valence-corrected chi connectivity index (χ3v) is 22.9. The van der Waals surface area contributed by atoms with Crippen molar-refractivity contribution in [3.8, 4) is 73.4 Å². The number of aromatic nitrogens is 9. The smallest absolute Gasteiger partial charge is 0.494 e. The Hall–Kier alpha value is -15.2. The fraction of sp³-hybridized carbons (Fsp3) is 0.0331. The molecule has 24 aromatic rings. The van der Waals surface area contributed by atoms with Gasteiger partial charge in [0.2, 0.25) is 0 Å². The third kappa shape index (κ3) is 25.8. The first-order valence-electron chi connectivity index (χ1n) is 45.1. The topological polar surface area (TPSA) is 168 Å². The van der Waals surface area contributed by atoms with E-state index in [4.69, 9.17) is 21.8 Å². The molecule has 1 unspecified atom stereocenters. The standard InChI is InChI=1S/C36H24N2.C30H20N2.C12H10N.C11H6F2N.C11H8N.C9H7NO.C6H5NO2.C5H8O2.CH4BP.Al.3Ir.H/c1-5-13-33-29(9-1)30-10-2-6-14-34(30)37(33)27-21-17-25(18-22-27)26-19-23-28(24-20-26)38-35-15-7-3-11-31(35)32-12-4-8-16-36(32)38;1-5-16-27-23(12-1)24-13-2-6-17-28(24)31(27)21-10-9-11-22(20-21)32-29-18-7-3-14-25(29)26-15-4-8-19-30(26)32;1-10-5-7-11(8-6-10)12-4-2-3-9-13-12;12-8-4-5-9(10(13)7-8)11-3-1-2-6-14-11;1-2-6-10(7-3-1)11-8-4-5-9-12-11;11-8-5-1-3-7-4-2-6-10-9(7)8;8-6(9)5-3-1-2-4-7-5;1-4(6)3-5(2)7;2-1-3;;;;;/h1-24H;1-20H;2-7,9H,1H3;1-4,6-7H;1-6,8-9H;1-6,11H;1-4H,(H,8,9);3,6H,1-2H3;1,3H2;;;;;/q;;3*-1;;;;;+1;;;;/p-1. The van der Waals surface area contributed by atoms with Crippen LogP contribution in [0.2, 0.25) is 0 Å². The van der Waals surface area contributed by atoms with Crippen LogP contribution in [-0.2, 0) is 65.1 Å². The maximum absolute atomic E-state index is 13.2. The van der Waals surface area contributed by atoms with Crippen LogP contribution in [0.1, 0.15) is 29.9 Å². The van der Waals surface area contributed by atoms with Crippen molar-refractivity contribution in [2.45, 2.75) is 20.8 Å². The molecule has 0 saturated heterocycles. The Kier molecular flexibility index (Phi) is 38.1. The van der Waals surface area contributed by atoms with Gasteiger partial charge in [0, 0.05) is 180 Å². The maximum Gasteiger partial charge on any atom is 0.494 e. The average Bonchev–Trinajstić information content (AvgIpc) is 1.59. The summed E-state index contributed by atoms with van der Waals surface area (Å²) < 4.78 is 40.5. The van der Waals surface area contributed by atoms with Gasteiger partial charge in [0.15, 0.2) is 5.78 Å². The second-order valence-corrected chi connectivity index (χ2v) is 32.7. The van der Waals surface area contributed by atoms with E-state index in [2.05, 4.69) is 351 Å². The predicted octanol–water partition coefficient (Wildman–Crippen LogP) is 28.9. The zero-order chi connectivity index (χ0) is 97.1. The number of aliphatic hydroxyl groups excluding tert-OH is 1. The zero-order valence-corrected chi connectivity index (χ0v) is 87.6. The number of carboxylic acid groups (broad SMARTS) is 1. The van der Waals surface area contributed by atoms with E-state index in [1.54, 1.807) is 55.1 Å². The molecule has 0 aliphatic carbocycles. The third-order valence-electron chi connectivity index (χ3n) is 22.6. The van der Waals surface area contributed by atoms with Gasteiger partial charge in [-0.05, 0) is 176 Å². The summed E-state index contributed by atoms with van der Waals surface area (Å²) in [5.41, 5.74) is 23.9. The molecule has 1 atom stereocenters. The number of aryl methyl sites for hydroxylation is 1. The van der Waals surface area contributed by atoms with E-state index in [1.165, 1.54) is 175 Å². The molecule has 0 aliphatic rings. The van der Waals surface area contributed by atoms with Crippen molar-refractivity contribution in [3.63, 3.8) is 0 Å². The van der Waals surface area contributed by atoms with Crippen molar-refractivity contribution in [2.24, 2.45) is 0 Å². The van der Waals surface area contributed by atoms with Crippen LogP contribution in [0.15, 0.2) is 467 Å². The van der Waals surface area contributed by atoms with Crippen molar-refractivity contribution < 1.29 is 92.7 Å². The largest absolute Gasteiger partial charge is 0.649 e. The molecule has 2 N–H and O–H groups in total. The summed E-state index contributed by atoms with van der Waals surface area (Å²) in [6.07, 6.45) is 9.52. The van der Waals surface area contributed by atoms with E-state index in [9.17, 15) is 18.4 Å². The number of ketones is 1. The predicted molar refractivity (Wildman–Crippen MR) is 574 cm³/mol. The minimum atomic E-state index is -0.990. The van der Waals surface area contributed by atoms with Crippen molar-refractivity contribution in [1.82, 2.24) is 43.2 Å². The number of allylic oxidation sites excluding steroid dienone is 2. The Bertz CT molecular complexity index is 7830. The normalized spacial score (nSPS) is 10.5. The summed E-state index contributed by atoms with van der Waals surface area (Å²) in [5, 5.41) is 28.1. The van der Waals surface area contributed by atoms with Crippen LogP contribution in [0.4, 0.5) is 8.78 Å². The Morgan fingerprint density at radius 3 is 1.06 bits per heavy atom. The number of fused-ring (bicyclic) bond motifs is 13. The fourth-order valence-electron chi connectivity index (χ4n) is 16.6. The molecule has 0 saturated carbocycles. The van der Waals surface area contributed by atoms with E-state index < -0.39 is 17.6 Å². The number of nitrogens with zero attached hydrogens (tertiary/aromatic N) is 9. The average molecular weight is 2440 g/mol. The van der Waals surface area contributed by atoms with Gasteiger partial charge >= 0.3 is 22.6 Å². The quantitative estimate of drug-likeness (QED) is 0.0418. The van der Waals surface area contributed by atoms with Crippen molar-refractivity contribution in [1.29, 1.82) is 0 Å². The number of rotatable bonds is 11. The van der Waals surface area contributed by atoms with Gasteiger partial charge in [-0.2, -0.15) is 0 Å². The van der Waals surface area contributed by atoms with Crippen molar-refractivity contribution >= 4 is 144 Å². The molecule has 9 heterocycles. The van der Waals surface area contributed by atoms with E-state index in [1.807, 2.05) is 103 Å². The summed E-state index contributed by atoms with van der Waals surface area (Å²) >= 11 is 1.47. The second kappa shape index (κ2) is 51.8. The number of hydrogen-bond acceptors (Lipinski definition) is 9. The van der Waals surface area contributed by atoms with Crippen LogP contribution < -0.4 is 3.79 Å². The number of hydrogen-bond donors (Lipinski definition) is 2. The molecule has 0 fully saturated rings. The first-order valence-corrected chi connectivity index (χ1v) is 46.5. The van der Waals surface area contributed by atoms with Gasteiger partial charge in [0.1, 0.15) is 17.0 Å². The minimum Gasteiger partial charge on any atom is -0.649 e. The van der Waals surface area contributed by atoms with Gasteiger partial charge in [0.05, 0.1) is 57.7 Å². The summed E-state index contributed by atoms with van der Waals surface area (Å²) in [6, 6.07) is 153. The Balaban J connectivity index is 0.000000146. The molecule has 706 valence electrons. The second-order valence-electron chi connectivity index (χ2n) is 32.0. The number of carbonyl (C=O) groups is 2. The Morgan fingerprint density at radius 2 is 0.734 bits per heavy atom. The van der Waals surface area contributed by atoms with Crippen LogP contribution in [0.25, 0.3) is 166 Å². The SMILES string of the molecule is CC(=O)C=C(C)O.Cc1c[c-]c(-c2ccccn2)cc1.Fc1c[c-]c(-c2ccccn2)c(F)c1.O=C(O)c1ccccn1.[AlH][O]c1cccc2cccnc12.[B]CP.[Ir].[Ir].[Ir].[c-]1ccccc1-c1ccccn1.c1cc(-n2c3ccccc3c3ccccc32)cc(-n2c3ccccc3c3ccccc32)c1.c1ccc2c(c1)c1ccccc1n2-c1ccc(-c2ccc(-n3c4ccccc4c4ccccc43)cc2)cc1. The number of carbonyl (C=O) groups excluding carboxylic acids is 1. The Labute approximate surface area is 880 Å². The molecule has 143 heavy (non-hydrogen) atoms. The summed E-state index contributed by atoms with van der Waals surface area (Å²) in [6.45, 7) is 4.90. The van der Waals surface area contributed by atoms with E-state index in [-0.39, 0.29) is 83.1 Å². The molecule has 0 spiro atoms. The van der Waals surface area contributed by atoms with E-state index in [0.29, 0.717) is 11.8 Å². The van der Waals surface area contributed by atoms with Crippen molar-refractivity contribution in [3.05, 3.63) is 509 Å². The van der Waals surface area contributed by atoms with Gasteiger partial charge in [0.25, 0.3) is 0 Å². The number of aliphatic hydroxyl groups is 1. The monoisotopic (exact) mass is 2440 g/mol. The van der Waals surface area contributed by atoms with Crippen LogP contribution in [-0.4, -0.2) is 95.7 Å². The van der Waals surface area contributed by atoms with Gasteiger partial charge in [-0.1, -0.05) is 261 Å². The van der Waals surface area contributed by atoms with Gasteiger partial charge in [-0.25, -0.2) is 9.78 Å². The number of benzene rings is 15. The van der Waals surface area contributed by atoms with Crippen LogP contribution in [0.3, 0.4) is 0 Å². The van der Waals surface area contributed by atoms with Crippen LogP contribution >= 0.6 is 9.24 Å². The fourth-order valence-corrected chi connectivity index (χ4v) is 16.8. The number of aromatic carboxylic acids is 1. The van der Waals surface area contributed by atoms with Gasteiger partial charge in [-0.15, -0.1) is 92.7 Å². The Morgan fingerprint density at radius 1 is 0.378 bits per heavy atom. The molecule has 6 radical (unpaired) electrons. The van der Waals surface area contributed by atoms with Crippen LogP contribution in [0, 0.1) is 36.8 Å². The summed E-state index contributed by atoms with van der Waals surface area (Å²) in [4.78, 5) is 40.4. The summed E-state index contributed by atoms with van der Waals surface area (Å²) in [7, 11) is 7.17. The number of carboxylic acids is 1. The first kappa shape index (κ1) is 105. The molecule has 14 nitrogen and oxygen atoms in total. The van der Waals surface area contributed by atoms with E-state index in [0.717, 1.165) is 51.3 Å². The van der Waals surface area contributed by atoms with Gasteiger partial charge in [-0.3, -0.25) is 18.6 Å². The molecule has 0 amide bonds.